The van der Waals surface area contributed by atoms with E-state index in [1.165, 1.54) is 22.8 Å². The van der Waals surface area contributed by atoms with E-state index in [2.05, 4.69) is 10.3 Å². The molecule has 0 radical (unpaired) electrons. The Balaban J connectivity index is 2.19. The normalized spacial score (nSPS) is 10.2. The number of nitrogens with one attached hydrogen (secondary N) is 1. The minimum absolute atomic E-state index is 0.00339. The van der Waals surface area contributed by atoms with Crippen molar-refractivity contribution in [2.24, 2.45) is 0 Å². The van der Waals surface area contributed by atoms with Crippen LogP contribution in [0.3, 0.4) is 0 Å². The standard InChI is InChI=1S/C11H9FN2O2S/c1-6-4-7(2-3-8(6)12)13-11-14-9(5-17-11)10(15)16/h2-5H,1H3,(H,13,14)(H,15,16). The van der Waals surface area contributed by atoms with Crippen LogP contribution in [0.1, 0.15) is 16.1 Å². The number of carboxylic acid groups (broad SMARTS) is 1. The molecule has 0 aliphatic carbocycles. The third-order valence-electron chi connectivity index (χ3n) is 2.13. The van der Waals surface area contributed by atoms with E-state index in [0.29, 0.717) is 16.4 Å². The fraction of sp³-hybridized carbons (Fsp3) is 0.0909. The second-order valence-electron chi connectivity index (χ2n) is 3.43. The zero-order valence-corrected chi connectivity index (χ0v) is 9.71. The minimum Gasteiger partial charge on any atom is -0.476 e. The van der Waals surface area contributed by atoms with Crippen molar-refractivity contribution < 1.29 is 14.3 Å². The van der Waals surface area contributed by atoms with Crippen molar-refractivity contribution in [3.63, 3.8) is 0 Å². The first-order chi connectivity index (χ1) is 8.06. The molecule has 1 heterocycles. The predicted octanol–water partition coefficient (Wildman–Crippen LogP) is 3.03. The maximum Gasteiger partial charge on any atom is 0.355 e. The number of halogens is 1. The molecule has 0 atom stereocenters. The predicted molar refractivity (Wildman–Crippen MR) is 63.5 cm³/mol. The third-order valence-corrected chi connectivity index (χ3v) is 2.89. The van der Waals surface area contributed by atoms with Gasteiger partial charge < -0.3 is 10.4 Å². The number of hydrogen-bond acceptors (Lipinski definition) is 4. The van der Waals surface area contributed by atoms with E-state index >= 15 is 0 Å². The smallest absolute Gasteiger partial charge is 0.355 e. The third kappa shape index (κ3) is 2.59. The zero-order chi connectivity index (χ0) is 12.4. The van der Waals surface area contributed by atoms with Gasteiger partial charge in [0.05, 0.1) is 0 Å². The summed E-state index contributed by atoms with van der Waals surface area (Å²) in [5.41, 5.74) is 1.19. The van der Waals surface area contributed by atoms with Gasteiger partial charge in [-0.05, 0) is 30.7 Å². The molecule has 0 fully saturated rings. The average Bonchev–Trinajstić information content (AvgIpc) is 2.72. The molecule has 2 aromatic rings. The monoisotopic (exact) mass is 252 g/mol. The Kier molecular flexibility index (Phi) is 3.06. The molecule has 0 aliphatic rings. The Morgan fingerprint density at radius 3 is 2.88 bits per heavy atom. The van der Waals surface area contributed by atoms with E-state index in [4.69, 9.17) is 5.11 Å². The van der Waals surface area contributed by atoms with Gasteiger partial charge in [-0.2, -0.15) is 0 Å². The highest BCUT2D eigenvalue weighted by molar-refractivity contribution is 7.14. The SMILES string of the molecule is Cc1cc(Nc2nc(C(=O)O)cs2)ccc1F. The quantitative estimate of drug-likeness (QED) is 0.881. The van der Waals surface area contributed by atoms with Crippen LogP contribution in [0.4, 0.5) is 15.2 Å². The number of anilines is 2. The number of aromatic nitrogens is 1. The van der Waals surface area contributed by atoms with Crippen LogP contribution in [0.2, 0.25) is 0 Å². The summed E-state index contributed by atoms with van der Waals surface area (Å²) in [5, 5.41) is 13.5. The summed E-state index contributed by atoms with van der Waals surface area (Å²) in [6.45, 7) is 1.66. The summed E-state index contributed by atoms with van der Waals surface area (Å²) < 4.78 is 13.0. The van der Waals surface area contributed by atoms with Crippen molar-refractivity contribution in [3.8, 4) is 0 Å². The number of carboxylic acids is 1. The first-order valence-corrected chi connectivity index (χ1v) is 5.66. The Labute approximate surface area is 101 Å². The van der Waals surface area contributed by atoms with Crippen LogP contribution in [0.5, 0.6) is 0 Å². The van der Waals surface area contributed by atoms with Gasteiger partial charge in [0, 0.05) is 11.1 Å². The van der Waals surface area contributed by atoms with E-state index in [1.807, 2.05) is 0 Å². The maximum atomic E-state index is 13.0. The molecule has 0 saturated heterocycles. The molecule has 4 nitrogen and oxygen atoms in total. The highest BCUT2D eigenvalue weighted by Gasteiger charge is 2.08. The Morgan fingerprint density at radius 2 is 2.29 bits per heavy atom. The highest BCUT2D eigenvalue weighted by atomic mass is 32.1. The van der Waals surface area contributed by atoms with Crippen molar-refractivity contribution in [1.82, 2.24) is 4.98 Å². The van der Waals surface area contributed by atoms with Crippen LogP contribution in [-0.2, 0) is 0 Å². The van der Waals surface area contributed by atoms with Gasteiger partial charge in [0.2, 0.25) is 0 Å². The van der Waals surface area contributed by atoms with Gasteiger partial charge in [0.25, 0.3) is 0 Å². The number of thiazole rings is 1. The number of rotatable bonds is 3. The van der Waals surface area contributed by atoms with Crippen LogP contribution in [0.25, 0.3) is 0 Å². The van der Waals surface area contributed by atoms with Gasteiger partial charge >= 0.3 is 5.97 Å². The largest absolute Gasteiger partial charge is 0.476 e. The second kappa shape index (κ2) is 4.50. The van der Waals surface area contributed by atoms with E-state index in [1.54, 1.807) is 19.1 Å². The van der Waals surface area contributed by atoms with Crippen molar-refractivity contribution in [3.05, 3.63) is 40.7 Å². The lowest BCUT2D eigenvalue weighted by molar-refractivity contribution is 0.0691. The summed E-state index contributed by atoms with van der Waals surface area (Å²) in [4.78, 5) is 14.5. The molecule has 0 unspecified atom stereocenters. The molecule has 0 amide bonds. The zero-order valence-electron chi connectivity index (χ0n) is 8.90. The first kappa shape index (κ1) is 11.5. The lowest BCUT2D eigenvalue weighted by Gasteiger charge is -2.03. The van der Waals surface area contributed by atoms with Crippen molar-refractivity contribution in [2.45, 2.75) is 6.92 Å². The number of aryl methyl sites for hydroxylation is 1. The van der Waals surface area contributed by atoms with E-state index < -0.39 is 5.97 Å². The Hall–Kier alpha value is -1.95. The lowest BCUT2D eigenvalue weighted by Crippen LogP contribution is -1.97. The molecule has 0 aliphatic heterocycles. The molecule has 88 valence electrons. The Morgan fingerprint density at radius 1 is 1.53 bits per heavy atom. The van der Waals surface area contributed by atoms with Crippen LogP contribution >= 0.6 is 11.3 Å². The molecule has 0 spiro atoms. The molecule has 2 N–H and O–H groups in total. The van der Waals surface area contributed by atoms with E-state index in [-0.39, 0.29) is 11.5 Å². The van der Waals surface area contributed by atoms with E-state index in [9.17, 15) is 9.18 Å². The number of carbonyl (C=O) groups is 1. The molecular formula is C11H9FN2O2S. The second-order valence-corrected chi connectivity index (χ2v) is 4.29. The lowest BCUT2D eigenvalue weighted by atomic mass is 10.2. The molecule has 0 bridgehead atoms. The summed E-state index contributed by atoms with van der Waals surface area (Å²) in [5.74, 6) is -1.34. The maximum absolute atomic E-state index is 13.0. The van der Waals surface area contributed by atoms with Crippen molar-refractivity contribution >= 4 is 28.1 Å². The fourth-order valence-corrected chi connectivity index (χ4v) is 1.98. The van der Waals surface area contributed by atoms with Gasteiger partial charge in [-0.15, -0.1) is 11.3 Å². The number of benzene rings is 1. The molecular weight excluding hydrogens is 243 g/mol. The van der Waals surface area contributed by atoms with Gasteiger partial charge in [-0.1, -0.05) is 0 Å². The summed E-state index contributed by atoms with van der Waals surface area (Å²) in [6, 6.07) is 4.56. The highest BCUT2D eigenvalue weighted by Crippen LogP contribution is 2.22. The van der Waals surface area contributed by atoms with Crippen LogP contribution in [0.15, 0.2) is 23.6 Å². The van der Waals surface area contributed by atoms with Crippen molar-refractivity contribution in [2.75, 3.05) is 5.32 Å². The number of hydrogen-bond donors (Lipinski definition) is 2. The molecule has 2 rings (SSSR count). The van der Waals surface area contributed by atoms with Crippen LogP contribution in [-0.4, -0.2) is 16.1 Å². The number of aromatic carboxylic acids is 1. The Bertz CT molecular complexity index is 568. The van der Waals surface area contributed by atoms with Gasteiger partial charge in [-0.3, -0.25) is 0 Å². The summed E-state index contributed by atoms with van der Waals surface area (Å²) in [7, 11) is 0. The van der Waals surface area contributed by atoms with E-state index in [0.717, 1.165) is 0 Å². The topological polar surface area (TPSA) is 62.2 Å². The summed E-state index contributed by atoms with van der Waals surface area (Å²) in [6.07, 6.45) is 0. The molecule has 6 heteroatoms. The van der Waals surface area contributed by atoms with Crippen molar-refractivity contribution in [1.29, 1.82) is 0 Å². The molecule has 17 heavy (non-hydrogen) atoms. The van der Waals surface area contributed by atoms with Gasteiger partial charge in [0.1, 0.15) is 5.82 Å². The number of nitrogens with zero attached hydrogens (tertiary/aromatic N) is 1. The molecule has 1 aromatic carbocycles. The fourth-order valence-electron chi connectivity index (χ4n) is 1.28. The first-order valence-electron chi connectivity index (χ1n) is 4.78. The van der Waals surface area contributed by atoms with Gasteiger partial charge in [-0.25, -0.2) is 14.2 Å². The average molecular weight is 252 g/mol. The van der Waals surface area contributed by atoms with Crippen LogP contribution in [0, 0.1) is 12.7 Å². The molecule has 1 aromatic heterocycles. The van der Waals surface area contributed by atoms with Crippen LogP contribution < -0.4 is 5.32 Å². The molecule has 0 saturated carbocycles. The summed E-state index contributed by atoms with van der Waals surface area (Å²) >= 11 is 1.19. The minimum atomic E-state index is -1.07. The van der Waals surface area contributed by atoms with Gasteiger partial charge in [0.15, 0.2) is 10.8 Å².